The molecule has 2 rings (SSSR count). The summed E-state index contributed by atoms with van der Waals surface area (Å²) >= 11 is 3.43. The van der Waals surface area contributed by atoms with E-state index in [1.807, 2.05) is 38.1 Å². The quantitative estimate of drug-likeness (QED) is 0.837. The predicted octanol–water partition coefficient (Wildman–Crippen LogP) is 3.11. The van der Waals surface area contributed by atoms with Gasteiger partial charge in [-0.1, -0.05) is 35.8 Å². The number of benzene rings is 1. The van der Waals surface area contributed by atoms with E-state index in [0.717, 1.165) is 10.2 Å². The molecule has 1 aromatic heterocycles. The molecular weight excluding hydrogens is 380 g/mol. The van der Waals surface area contributed by atoms with Crippen LogP contribution in [0.1, 0.15) is 24.2 Å². The fraction of sp³-hybridized carbons (Fsp3) is 0.375. The molecule has 0 fully saturated rings. The average molecular weight is 402 g/mol. The van der Waals surface area contributed by atoms with E-state index in [0.29, 0.717) is 18.7 Å². The first-order valence-corrected chi connectivity index (χ1v) is 7.88. The predicted molar refractivity (Wildman–Crippen MR) is 98.3 cm³/mol. The number of hydrogen-bond donors (Lipinski definition) is 1. The van der Waals surface area contributed by atoms with Crippen LogP contribution >= 0.6 is 28.3 Å². The third-order valence-corrected chi connectivity index (χ3v) is 3.96. The van der Waals surface area contributed by atoms with Gasteiger partial charge in [0, 0.05) is 24.3 Å². The van der Waals surface area contributed by atoms with E-state index >= 15 is 0 Å². The van der Waals surface area contributed by atoms with E-state index in [1.165, 1.54) is 0 Å². The Morgan fingerprint density at radius 2 is 2.13 bits per heavy atom. The van der Waals surface area contributed by atoms with E-state index in [2.05, 4.69) is 21.0 Å². The minimum atomic E-state index is -0.106. The molecule has 1 aromatic carbocycles. The third kappa shape index (κ3) is 5.06. The van der Waals surface area contributed by atoms with Crippen LogP contribution in [0.2, 0.25) is 0 Å². The van der Waals surface area contributed by atoms with Gasteiger partial charge in [0.05, 0.1) is 17.4 Å². The maximum atomic E-state index is 12.5. The molecule has 0 saturated heterocycles. The van der Waals surface area contributed by atoms with Crippen molar-refractivity contribution in [3.05, 3.63) is 46.7 Å². The van der Waals surface area contributed by atoms with Crippen LogP contribution in [-0.2, 0) is 0 Å². The van der Waals surface area contributed by atoms with Crippen molar-refractivity contribution in [2.75, 3.05) is 20.1 Å². The molecule has 2 aromatic rings. The molecule has 0 saturated carbocycles. The zero-order valence-electron chi connectivity index (χ0n) is 13.5. The number of hydrogen-bond acceptors (Lipinski definition) is 3. The number of amides is 1. The second kappa shape index (κ2) is 7.95. The van der Waals surface area contributed by atoms with Crippen molar-refractivity contribution in [3.63, 3.8) is 0 Å². The number of carbonyl (C=O) groups is 1. The van der Waals surface area contributed by atoms with Crippen molar-refractivity contribution in [2.45, 2.75) is 13.8 Å². The highest BCUT2D eigenvalue weighted by Crippen LogP contribution is 2.18. The zero-order valence-corrected chi connectivity index (χ0v) is 15.9. The van der Waals surface area contributed by atoms with Gasteiger partial charge in [-0.15, -0.1) is 12.4 Å². The van der Waals surface area contributed by atoms with Crippen LogP contribution < -0.4 is 5.73 Å². The maximum Gasteiger partial charge on any atom is 0.256 e. The van der Waals surface area contributed by atoms with E-state index in [-0.39, 0.29) is 23.7 Å². The number of aromatic nitrogens is 2. The van der Waals surface area contributed by atoms with Crippen molar-refractivity contribution in [3.8, 4) is 5.69 Å². The average Bonchev–Trinajstić information content (AvgIpc) is 2.95. The van der Waals surface area contributed by atoms with Crippen LogP contribution in [0.15, 0.2) is 41.1 Å². The molecule has 0 spiro atoms. The summed E-state index contributed by atoms with van der Waals surface area (Å²) in [4.78, 5) is 14.2. The van der Waals surface area contributed by atoms with Crippen LogP contribution in [0.25, 0.3) is 5.69 Å². The van der Waals surface area contributed by atoms with Crippen LogP contribution in [0.4, 0.5) is 0 Å². The van der Waals surface area contributed by atoms with Gasteiger partial charge in [-0.3, -0.25) is 4.79 Å². The third-order valence-electron chi connectivity index (χ3n) is 3.47. The van der Waals surface area contributed by atoms with Crippen LogP contribution in [0.3, 0.4) is 0 Å². The summed E-state index contributed by atoms with van der Waals surface area (Å²) in [6, 6.07) is 7.76. The molecule has 0 atom stereocenters. The molecule has 126 valence electrons. The Hall–Kier alpha value is -1.37. The number of rotatable bonds is 5. The number of carbonyl (C=O) groups excluding carboxylic acids is 1. The second-order valence-electron chi connectivity index (χ2n) is 6.18. The minimum absolute atomic E-state index is 0. The van der Waals surface area contributed by atoms with Crippen molar-refractivity contribution < 1.29 is 4.79 Å². The van der Waals surface area contributed by atoms with Gasteiger partial charge in [0.25, 0.3) is 5.91 Å². The van der Waals surface area contributed by atoms with Gasteiger partial charge in [-0.2, -0.15) is 5.10 Å². The highest BCUT2D eigenvalue weighted by molar-refractivity contribution is 9.10. The highest BCUT2D eigenvalue weighted by atomic mass is 79.9. The van der Waals surface area contributed by atoms with E-state index in [4.69, 9.17) is 5.73 Å². The Balaban J connectivity index is 0.00000264. The number of nitrogens with zero attached hydrogens (tertiary/aromatic N) is 3. The fourth-order valence-corrected chi connectivity index (χ4v) is 2.58. The summed E-state index contributed by atoms with van der Waals surface area (Å²) in [5, 5.41) is 4.27. The summed E-state index contributed by atoms with van der Waals surface area (Å²) in [6.45, 7) is 5.22. The molecule has 0 bridgehead atoms. The Morgan fingerprint density at radius 1 is 1.43 bits per heavy atom. The standard InChI is InChI=1S/C16H21BrN4O.ClH/c1-16(2,10-18)11-20(3)15(22)12-8-19-21(9-12)14-6-4-5-13(17)7-14;/h4-9H,10-11,18H2,1-3H3;1H. The maximum absolute atomic E-state index is 12.5. The molecule has 1 heterocycles. The molecule has 7 heteroatoms. The lowest BCUT2D eigenvalue weighted by Gasteiger charge is -2.28. The Labute approximate surface area is 151 Å². The largest absolute Gasteiger partial charge is 0.341 e. The van der Waals surface area contributed by atoms with Gasteiger partial charge >= 0.3 is 0 Å². The molecule has 2 N–H and O–H groups in total. The molecule has 0 aliphatic carbocycles. The SMILES string of the molecule is CN(CC(C)(C)CN)C(=O)c1cnn(-c2cccc(Br)c2)c1.Cl. The van der Waals surface area contributed by atoms with Gasteiger partial charge in [-0.25, -0.2) is 4.68 Å². The fourth-order valence-electron chi connectivity index (χ4n) is 2.19. The normalized spacial score (nSPS) is 11.0. The summed E-state index contributed by atoms with van der Waals surface area (Å²) in [5.41, 5.74) is 7.09. The molecule has 0 unspecified atom stereocenters. The Bertz CT molecular complexity index is 672. The first-order valence-electron chi connectivity index (χ1n) is 7.08. The summed E-state index contributed by atoms with van der Waals surface area (Å²) < 4.78 is 2.66. The molecule has 23 heavy (non-hydrogen) atoms. The zero-order chi connectivity index (χ0) is 16.3. The Kier molecular flexibility index (Phi) is 6.80. The van der Waals surface area contributed by atoms with Crippen molar-refractivity contribution >= 4 is 34.2 Å². The lowest BCUT2D eigenvalue weighted by molar-refractivity contribution is 0.0740. The van der Waals surface area contributed by atoms with Crippen molar-refractivity contribution in [1.82, 2.24) is 14.7 Å². The molecule has 0 aliphatic heterocycles. The lowest BCUT2D eigenvalue weighted by Crippen LogP contribution is -2.39. The first-order chi connectivity index (χ1) is 10.3. The van der Waals surface area contributed by atoms with Gasteiger partial charge in [-0.05, 0) is 30.2 Å². The second-order valence-corrected chi connectivity index (χ2v) is 7.10. The topological polar surface area (TPSA) is 64.2 Å². The summed E-state index contributed by atoms with van der Waals surface area (Å²) in [5.74, 6) is -0.0530. The van der Waals surface area contributed by atoms with Crippen LogP contribution in [0, 0.1) is 5.41 Å². The molecule has 5 nitrogen and oxygen atoms in total. The van der Waals surface area contributed by atoms with E-state index in [1.54, 1.807) is 29.0 Å². The first kappa shape index (κ1) is 19.7. The van der Waals surface area contributed by atoms with Gasteiger partial charge in [0.15, 0.2) is 0 Å². The van der Waals surface area contributed by atoms with Crippen LogP contribution in [0.5, 0.6) is 0 Å². The van der Waals surface area contributed by atoms with Gasteiger partial charge in [0.2, 0.25) is 0 Å². The number of nitrogens with two attached hydrogens (primary N) is 1. The smallest absolute Gasteiger partial charge is 0.256 e. The summed E-state index contributed by atoms with van der Waals surface area (Å²) in [7, 11) is 1.79. The lowest BCUT2D eigenvalue weighted by atomic mass is 9.93. The highest BCUT2D eigenvalue weighted by Gasteiger charge is 2.22. The van der Waals surface area contributed by atoms with Crippen molar-refractivity contribution in [2.24, 2.45) is 11.1 Å². The van der Waals surface area contributed by atoms with Crippen molar-refractivity contribution in [1.29, 1.82) is 0 Å². The van der Waals surface area contributed by atoms with Crippen LogP contribution in [-0.4, -0.2) is 40.7 Å². The van der Waals surface area contributed by atoms with Gasteiger partial charge < -0.3 is 10.6 Å². The number of halogens is 2. The van der Waals surface area contributed by atoms with Gasteiger partial charge in [0.1, 0.15) is 0 Å². The molecule has 1 amide bonds. The minimum Gasteiger partial charge on any atom is -0.341 e. The monoisotopic (exact) mass is 400 g/mol. The molecule has 0 radical (unpaired) electrons. The summed E-state index contributed by atoms with van der Waals surface area (Å²) in [6.07, 6.45) is 3.34. The van der Waals surface area contributed by atoms with E-state index in [9.17, 15) is 4.79 Å². The van der Waals surface area contributed by atoms with E-state index < -0.39 is 0 Å². The Morgan fingerprint density at radius 3 is 2.74 bits per heavy atom. The molecular formula is C16H22BrClN4O. The molecule has 0 aliphatic rings.